The van der Waals surface area contributed by atoms with Crippen molar-refractivity contribution in [2.45, 2.75) is 70.8 Å². The first-order valence-electron chi connectivity index (χ1n) is 11.6. The van der Waals surface area contributed by atoms with Gasteiger partial charge in [0, 0.05) is 5.92 Å². The molecule has 3 aliphatic carbocycles. The van der Waals surface area contributed by atoms with Crippen molar-refractivity contribution in [2.75, 3.05) is 13.1 Å². The Kier molecular flexibility index (Phi) is 5.71. The van der Waals surface area contributed by atoms with E-state index in [1.165, 1.54) is 5.57 Å². The predicted molar refractivity (Wildman–Crippen MR) is 116 cm³/mol. The molecule has 4 aliphatic rings. The maximum absolute atomic E-state index is 14.3. The van der Waals surface area contributed by atoms with Gasteiger partial charge in [-0.1, -0.05) is 37.8 Å². The molecule has 0 spiro atoms. The molecule has 0 aromatic rings. The molecule has 3 bridgehead atoms. The molecule has 3 nitrogen and oxygen atoms in total. The number of fused-ring (bicyclic) bond motifs is 2. The van der Waals surface area contributed by atoms with Crippen LogP contribution in [0.4, 0.5) is 8.78 Å². The number of hydrogen-bond donors (Lipinski definition) is 2. The number of alkyl halides is 2. The summed E-state index contributed by atoms with van der Waals surface area (Å²) in [6, 6.07) is -1.04. The molecule has 1 aliphatic heterocycles. The molecule has 6 atom stereocenters. The maximum atomic E-state index is 14.3. The number of piperidine rings is 1. The summed E-state index contributed by atoms with van der Waals surface area (Å²) in [5.74, 6) is -2.39. The summed E-state index contributed by atoms with van der Waals surface area (Å²) in [5.41, 5.74) is 1.44. The summed E-state index contributed by atoms with van der Waals surface area (Å²) in [7, 11) is 0. The second kappa shape index (κ2) is 7.89. The Morgan fingerprint density at radius 1 is 1.23 bits per heavy atom. The molecule has 2 N–H and O–H groups in total. The standard InChI is InChI=1S/C25H36F2N2O/c1-4-5-6-7-17(2)24-10-8-20-19(12-18(14-24)13-23(20,3)15-24)22(30)29-21-9-11-28-16-25(21,26)27/h4-7,18-21,28H,2,8-16H2,1,3H3,(H,29,30)/b5-4-,7-6-/t18?,19?,20?,21?,23-,24-/m1/s1. The van der Waals surface area contributed by atoms with Gasteiger partial charge in [0.2, 0.25) is 5.91 Å². The van der Waals surface area contributed by atoms with Crippen LogP contribution in [-0.2, 0) is 4.79 Å². The van der Waals surface area contributed by atoms with Crippen molar-refractivity contribution in [3.8, 4) is 0 Å². The summed E-state index contributed by atoms with van der Waals surface area (Å²) in [4.78, 5) is 13.2. The van der Waals surface area contributed by atoms with Crippen LogP contribution in [0, 0.1) is 28.6 Å². The highest BCUT2D eigenvalue weighted by Crippen LogP contribution is 2.67. The van der Waals surface area contributed by atoms with Crippen LogP contribution < -0.4 is 10.6 Å². The van der Waals surface area contributed by atoms with E-state index in [2.05, 4.69) is 36.3 Å². The number of allylic oxidation sites excluding steroid dienone is 5. The average Bonchev–Trinajstić information content (AvgIpc) is 2.66. The molecule has 0 aromatic carbocycles. The number of carbonyl (C=O) groups is 1. The zero-order valence-corrected chi connectivity index (χ0v) is 18.4. The minimum absolute atomic E-state index is 0.0927. The molecule has 1 saturated heterocycles. The minimum Gasteiger partial charge on any atom is -0.347 e. The largest absolute Gasteiger partial charge is 0.347 e. The Bertz CT molecular complexity index is 760. The van der Waals surface area contributed by atoms with E-state index in [0.717, 1.165) is 38.5 Å². The van der Waals surface area contributed by atoms with Gasteiger partial charge >= 0.3 is 0 Å². The highest BCUT2D eigenvalue weighted by atomic mass is 19.3. The zero-order chi connectivity index (χ0) is 21.6. The fourth-order valence-electron chi connectivity index (χ4n) is 7.28. The van der Waals surface area contributed by atoms with Crippen molar-refractivity contribution in [3.05, 3.63) is 36.5 Å². The van der Waals surface area contributed by atoms with Crippen LogP contribution in [0.5, 0.6) is 0 Å². The lowest BCUT2D eigenvalue weighted by Gasteiger charge is -2.62. The Morgan fingerprint density at radius 3 is 2.77 bits per heavy atom. The number of rotatable bonds is 5. The fourth-order valence-corrected chi connectivity index (χ4v) is 7.28. The summed E-state index contributed by atoms with van der Waals surface area (Å²) in [5, 5.41) is 5.50. The molecule has 166 valence electrons. The molecule has 5 heteroatoms. The highest BCUT2D eigenvalue weighted by Gasteiger charge is 2.59. The van der Waals surface area contributed by atoms with Gasteiger partial charge in [-0.15, -0.1) is 0 Å². The molecular formula is C25H36F2N2O. The monoisotopic (exact) mass is 418 g/mol. The lowest BCUT2D eigenvalue weighted by atomic mass is 9.42. The Labute approximate surface area is 179 Å². The maximum Gasteiger partial charge on any atom is 0.280 e. The third-order valence-corrected chi connectivity index (χ3v) is 8.49. The Hall–Kier alpha value is -1.49. The quantitative estimate of drug-likeness (QED) is 0.616. The number of carbonyl (C=O) groups excluding carboxylic acids is 1. The lowest BCUT2D eigenvalue weighted by Crippen LogP contribution is -2.61. The van der Waals surface area contributed by atoms with Gasteiger partial charge in [0.25, 0.3) is 5.92 Å². The smallest absolute Gasteiger partial charge is 0.280 e. The van der Waals surface area contributed by atoms with Crippen LogP contribution >= 0.6 is 0 Å². The van der Waals surface area contributed by atoms with Crippen molar-refractivity contribution in [2.24, 2.45) is 28.6 Å². The summed E-state index contributed by atoms with van der Waals surface area (Å²) < 4.78 is 28.5. The normalized spacial score (nSPS) is 42.5. The van der Waals surface area contributed by atoms with Crippen LogP contribution in [0.3, 0.4) is 0 Å². The average molecular weight is 419 g/mol. The lowest BCUT2D eigenvalue weighted by molar-refractivity contribution is -0.150. The number of amides is 1. The first-order valence-corrected chi connectivity index (χ1v) is 11.6. The topological polar surface area (TPSA) is 41.1 Å². The van der Waals surface area contributed by atoms with Crippen molar-refractivity contribution < 1.29 is 13.6 Å². The van der Waals surface area contributed by atoms with Gasteiger partial charge in [-0.2, -0.15) is 0 Å². The molecule has 0 aromatic heterocycles. The number of nitrogens with one attached hydrogen (secondary N) is 2. The Balaban J connectivity index is 1.50. The second-order valence-electron chi connectivity index (χ2n) is 10.6. The van der Waals surface area contributed by atoms with Crippen molar-refractivity contribution >= 4 is 5.91 Å². The summed E-state index contributed by atoms with van der Waals surface area (Å²) >= 11 is 0. The third-order valence-electron chi connectivity index (χ3n) is 8.49. The molecule has 1 amide bonds. The van der Waals surface area contributed by atoms with Crippen LogP contribution in [0.15, 0.2) is 36.5 Å². The minimum atomic E-state index is -2.87. The molecule has 0 radical (unpaired) electrons. The van der Waals surface area contributed by atoms with E-state index in [4.69, 9.17) is 0 Å². The summed E-state index contributed by atoms with van der Waals surface area (Å²) in [6.45, 7) is 8.95. The molecule has 1 heterocycles. The number of hydrogen-bond acceptors (Lipinski definition) is 2. The third kappa shape index (κ3) is 3.79. The van der Waals surface area contributed by atoms with Gasteiger partial charge in [-0.3, -0.25) is 4.79 Å². The van der Waals surface area contributed by atoms with E-state index in [9.17, 15) is 13.6 Å². The van der Waals surface area contributed by atoms with E-state index in [1.807, 2.05) is 19.1 Å². The van der Waals surface area contributed by atoms with Crippen LogP contribution in [-0.4, -0.2) is 31.0 Å². The van der Waals surface area contributed by atoms with Gasteiger partial charge in [0.1, 0.15) is 0 Å². The first kappa shape index (κ1) is 21.7. The van der Waals surface area contributed by atoms with Gasteiger partial charge in [-0.05, 0) is 86.7 Å². The molecule has 3 saturated carbocycles. The molecule has 4 fully saturated rings. The molecule has 4 rings (SSSR count). The van der Waals surface area contributed by atoms with E-state index in [0.29, 0.717) is 12.5 Å². The van der Waals surface area contributed by atoms with Crippen molar-refractivity contribution in [1.82, 2.24) is 10.6 Å². The van der Waals surface area contributed by atoms with Gasteiger partial charge in [0.05, 0.1) is 12.6 Å². The molecule has 30 heavy (non-hydrogen) atoms. The van der Waals surface area contributed by atoms with E-state index in [-0.39, 0.29) is 41.5 Å². The van der Waals surface area contributed by atoms with Gasteiger partial charge in [-0.25, -0.2) is 8.78 Å². The van der Waals surface area contributed by atoms with Crippen molar-refractivity contribution in [3.63, 3.8) is 0 Å². The zero-order valence-electron chi connectivity index (χ0n) is 18.4. The van der Waals surface area contributed by atoms with Crippen LogP contribution in [0.25, 0.3) is 0 Å². The Morgan fingerprint density at radius 2 is 2.03 bits per heavy atom. The second-order valence-corrected chi connectivity index (χ2v) is 10.6. The van der Waals surface area contributed by atoms with E-state index in [1.54, 1.807) is 0 Å². The van der Waals surface area contributed by atoms with Crippen LogP contribution in [0.1, 0.15) is 58.8 Å². The van der Waals surface area contributed by atoms with E-state index < -0.39 is 12.0 Å². The van der Waals surface area contributed by atoms with Gasteiger partial charge in [0.15, 0.2) is 0 Å². The van der Waals surface area contributed by atoms with Gasteiger partial charge < -0.3 is 10.6 Å². The van der Waals surface area contributed by atoms with Crippen molar-refractivity contribution in [1.29, 1.82) is 0 Å². The van der Waals surface area contributed by atoms with Crippen LogP contribution in [0.2, 0.25) is 0 Å². The molecule has 4 unspecified atom stereocenters. The number of halogens is 2. The molecular weight excluding hydrogens is 382 g/mol. The first-order chi connectivity index (χ1) is 14.2. The fraction of sp³-hybridized carbons (Fsp3) is 0.720. The van der Waals surface area contributed by atoms with E-state index >= 15 is 0 Å². The SMILES string of the molecule is C=C(/C=C\C=C/C)[C@]12CCC3C(C(=O)NC4CCNCC4(F)F)CC(C1)C[C@]3(C)C2. The predicted octanol–water partition coefficient (Wildman–Crippen LogP) is 5.01. The highest BCUT2D eigenvalue weighted by molar-refractivity contribution is 5.80. The summed E-state index contributed by atoms with van der Waals surface area (Å²) in [6.07, 6.45) is 14.7.